The lowest BCUT2D eigenvalue weighted by molar-refractivity contribution is 0.444. The van der Waals surface area contributed by atoms with Crippen molar-refractivity contribution in [3.63, 3.8) is 0 Å². The van der Waals surface area contributed by atoms with Crippen LogP contribution >= 0.6 is 24.0 Å². The van der Waals surface area contributed by atoms with Gasteiger partial charge in [0.2, 0.25) is 0 Å². The summed E-state index contributed by atoms with van der Waals surface area (Å²) < 4.78 is 0. The lowest BCUT2D eigenvalue weighted by Gasteiger charge is -2.16. The highest BCUT2D eigenvalue weighted by atomic mass is 32.1. The third-order valence-corrected chi connectivity index (χ3v) is 4.04. The fraction of sp³-hybridized carbons (Fsp3) is 0.545. The molecular weight excluding hydrogens is 210 g/mol. The third kappa shape index (κ3) is 2.61. The van der Waals surface area contributed by atoms with Crippen LogP contribution in [0.15, 0.2) is 21.3 Å². The maximum atomic E-state index is 4.62. The maximum absolute atomic E-state index is 4.62. The Kier molecular flexibility index (Phi) is 3.65. The van der Waals surface area contributed by atoms with Crippen molar-refractivity contribution in [2.45, 2.75) is 43.0 Å². The van der Waals surface area contributed by atoms with Gasteiger partial charge in [-0.25, -0.2) is 0 Å². The topological polar surface area (TPSA) is 12.4 Å². The third-order valence-electron chi connectivity index (χ3n) is 2.65. The minimum atomic E-state index is 0.568. The van der Waals surface area contributed by atoms with Crippen molar-refractivity contribution in [2.75, 3.05) is 0 Å². The molecule has 0 unspecified atom stereocenters. The Morgan fingerprint density at radius 2 is 2.14 bits per heavy atom. The van der Waals surface area contributed by atoms with Crippen molar-refractivity contribution in [3.05, 3.63) is 16.3 Å². The lowest BCUT2D eigenvalue weighted by atomic mass is 9.96. The van der Waals surface area contributed by atoms with Crippen molar-refractivity contribution in [2.24, 2.45) is 4.99 Å². The number of nitrogens with zero attached hydrogens (tertiary/aromatic N) is 1. The van der Waals surface area contributed by atoms with Crippen LogP contribution in [-0.2, 0) is 0 Å². The molecule has 0 N–H and O–H groups in total. The maximum Gasteiger partial charge on any atom is 0.0582 e. The highest BCUT2D eigenvalue weighted by Crippen LogP contribution is 2.22. The Labute approximate surface area is 94.7 Å². The monoisotopic (exact) mass is 225 g/mol. The summed E-state index contributed by atoms with van der Waals surface area (Å²) in [6, 6.07) is 2.59. The van der Waals surface area contributed by atoms with Gasteiger partial charge in [-0.15, -0.1) is 24.0 Å². The molecule has 14 heavy (non-hydrogen) atoms. The first-order valence-corrected chi connectivity index (χ1v) is 6.48. The van der Waals surface area contributed by atoms with Gasteiger partial charge in [-0.3, -0.25) is 4.99 Å². The van der Waals surface area contributed by atoms with E-state index in [1.807, 2.05) is 12.3 Å². The molecule has 1 aliphatic carbocycles. The van der Waals surface area contributed by atoms with Gasteiger partial charge in [0.25, 0.3) is 0 Å². The van der Waals surface area contributed by atoms with Crippen LogP contribution in [0.25, 0.3) is 0 Å². The van der Waals surface area contributed by atoms with Gasteiger partial charge < -0.3 is 0 Å². The fourth-order valence-corrected chi connectivity index (χ4v) is 2.87. The van der Waals surface area contributed by atoms with E-state index in [-0.39, 0.29) is 0 Å². The van der Waals surface area contributed by atoms with Gasteiger partial charge >= 0.3 is 0 Å². The predicted octanol–water partition coefficient (Wildman–Crippen LogP) is 3.79. The van der Waals surface area contributed by atoms with Crippen LogP contribution in [0.3, 0.4) is 0 Å². The normalized spacial score (nSPS) is 19.2. The summed E-state index contributed by atoms with van der Waals surface area (Å²) in [5, 5.41) is 2.06. The quantitative estimate of drug-likeness (QED) is 0.581. The number of thiophene rings is 1. The highest BCUT2D eigenvalue weighted by molar-refractivity contribution is 7.80. The largest absolute Gasteiger partial charge is 0.288 e. The van der Waals surface area contributed by atoms with Gasteiger partial charge in [-0.2, -0.15) is 0 Å². The average molecular weight is 225 g/mol. The summed E-state index contributed by atoms with van der Waals surface area (Å²) in [4.78, 5) is 6.87. The van der Waals surface area contributed by atoms with Crippen LogP contribution in [0.1, 0.15) is 37.0 Å². The Bertz CT molecular complexity index is 311. The molecule has 0 aromatic carbocycles. The van der Waals surface area contributed by atoms with E-state index >= 15 is 0 Å². The van der Waals surface area contributed by atoms with E-state index in [9.17, 15) is 0 Å². The molecule has 1 fully saturated rings. The smallest absolute Gasteiger partial charge is 0.0582 e. The summed E-state index contributed by atoms with van der Waals surface area (Å²) in [5.41, 5.74) is 0. The van der Waals surface area contributed by atoms with Crippen LogP contribution in [-0.4, -0.2) is 12.3 Å². The first kappa shape index (κ1) is 10.2. The van der Waals surface area contributed by atoms with Gasteiger partial charge in [0.05, 0.1) is 4.88 Å². The Morgan fingerprint density at radius 3 is 2.79 bits per heavy atom. The lowest BCUT2D eigenvalue weighted by Crippen LogP contribution is -2.09. The van der Waals surface area contributed by atoms with E-state index in [1.54, 1.807) is 11.3 Å². The average Bonchev–Trinajstić information content (AvgIpc) is 2.63. The standard InChI is InChI=1S/C11H15NS2/c13-10-6-7-14-11(10)8-12-9-4-2-1-3-5-9/h6-9,13H,1-5H2. The Morgan fingerprint density at radius 1 is 1.36 bits per heavy atom. The summed E-state index contributed by atoms with van der Waals surface area (Å²) in [7, 11) is 0. The minimum absolute atomic E-state index is 0.568. The molecular formula is C11H15NS2. The van der Waals surface area contributed by atoms with Crippen molar-refractivity contribution < 1.29 is 0 Å². The SMILES string of the molecule is Sc1ccsc1C=NC1CCCCC1. The summed E-state index contributed by atoms with van der Waals surface area (Å²) in [6.07, 6.45) is 8.62. The molecule has 0 bridgehead atoms. The van der Waals surface area contributed by atoms with Crippen molar-refractivity contribution in [3.8, 4) is 0 Å². The molecule has 1 aromatic heterocycles. The molecule has 0 amide bonds. The zero-order chi connectivity index (χ0) is 9.80. The molecule has 76 valence electrons. The fourth-order valence-electron chi connectivity index (χ4n) is 1.81. The molecule has 2 rings (SSSR count). The molecule has 1 aromatic rings. The first-order valence-electron chi connectivity index (χ1n) is 5.16. The van der Waals surface area contributed by atoms with Gasteiger partial charge in [-0.05, 0) is 24.3 Å². The van der Waals surface area contributed by atoms with Crippen LogP contribution in [0.2, 0.25) is 0 Å². The van der Waals surface area contributed by atoms with Gasteiger partial charge in [0.15, 0.2) is 0 Å². The van der Waals surface area contributed by atoms with Gasteiger partial charge in [0.1, 0.15) is 0 Å². The molecule has 3 heteroatoms. The molecule has 0 atom stereocenters. The molecule has 0 spiro atoms. The highest BCUT2D eigenvalue weighted by Gasteiger charge is 2.10. The van der Waals surface area contributed by atoms with Crippen molar-refractivity contribution >= 4 is 30.2 Å². The van der Waals surface area contributed by atoms with E-state index in [1.165, 1.54) is 37.0 Å². The molecule has 0 aliphatic heterocycles. The van der Waals surface area contributed by atoms with Crippen LogP contribution < -0.4 is 0 Å². The molecule has 0 radical (unpaired) electrons. The second kappa shape index (κ2) is 4.99. The Hall–Kier alpha value is -0.280. The van der Waals surface area contributed by atoms with Crippen molar-refractivity contribution in [1.82, 2.24) is 0 Å². The zero-order valence-corrected chi connectivity index (χ0v) is 9.86. The first-order chi connectivity index (χ1) is 6.86. The van der Waals surface area contributed by atoms with Crippen LogP contribution in [0, 0.1) is 0 Å². The number of hydrogen-bond acceptors (Lipinski definition) is 3. The number of hydrogen-bond donors (Lipinski definition) is 1. The summed E-state index contributed by atoms with van der Waals surface area (Å²) >= 11 is 6.08. The van der Waals surface area contributed by atoms with Gasteiger partial charge in [-0.1, -0.05) is 19.3 Å². The van der Waals surface area contributed by atoms with E-state index < -0.39 is 0 Å². The van der Waals surface area contributed by atoms with E-state index in [4.69, 9.17) is 0 Å². The van der Waals surface area contributed by atoms with Crippen LogP contribution in [0.5, 0.6) is 0 Å². The minimum Gasteiger partial charge on any atom is -0.288 e. The van der Waals surface area contributed by atoms with E-state index in [2.05, 4.69) is 23.0 Å². The molecule has 1 nitrogen and oxygen atoms in total. The molecule has 0 saturated heterocycles. The van der Waals surface area contributed by atoms with Gasteiger partial charge in [0, 0.05) is 17.2 Å². The second-order valence-electron chi connectivity index (χ2n) is 3.74. The Balaban J connectivity index is 1.95. The molecule has 1 aliphatic rings. The molecule has 1 saturated carbocycles. The predicted molar refractivity (Wildman–Crippen MR) is 66.0 cm³/mol. The molecule has 1 heterocycles. The van der Waals surface area contributed by atoms with E-state index in [0.717, 1.165) is 4.90 Å². The number of rotatable bonds is 2. The number of thiol groups is 1. The zero-order valence-electron chi connectivity index (χ0n) is 8.15. The van der Waals surface area contributed by atoms with Crippen LogP contribution in [0.4, 0.5) is 0 Å². The number of aliphatic imine (C=N–C) groups is 1. The second-order valence-corrected chi connectivity index (χ2v) is 5.17. The van der Waals surface area contributed by atoms with E-state index in [0.29, 0.717) is 6.04 Å². The summed E-state index contributed by atoms with van der Waals surface area (Å²) in [6.45, 7) is 0. The summed E-state index contributed by atoms with van der Waals surface area (Å²) in [5.74, 6) is 0. The van der Waals surface area contributed by atoms with Crippen molar-refractivity contribution in [1.29, 1.82) is 0 Å².